The van der Waals surface area contributed by atoms with Gasteiger partial charge in [0.2, 0.25) is 0 Å². The van der Waals surface area contributed by atoms with Gasteiger partial charge in [0, 0.05) is 11.8 Å². The second-order valence-electron chi connectivity index (χ2n) is 6.85. The van der Waals surface area contributed by atoms with Crippen LogP contribution in [0.4, 0.5) is 0 Å². The standard InChI is InChI=1S/C23H23BN2OS/c1-4-19-16(10-11-24)6-5-7-20(19)22-14-26-23(28-22)17-8-9-21(27-15(2)3)18(12-17)13-25/h5-9,12,14-15H,4,10-11H2,1-3H3. The van der Waals surface area contributed by atoms with E-state index >= 15 is 0 Å². The van der Waals surface area contributed by atoms with E-state index in [1.54, 1.807) is 11.3 Å². The van der Waals surface area contributed by atoms with E-state index in [2.05, 4.69) is 36.2 Å². The molecule has 140 valence electrons. The minimum Gasteiger partial charge on any atom is -0.490 e. The quantitative estimate of drug-likeness (QED) is 0.480. The Morgan fingerprint density at radius 1 is 1.25 bits per heavy atom. The molecule has 0 N–H and O–H groups in total. The van der Waals surface area contributed by atoms with E-state index < -0.39 is 0 Å². The number of aryl methyl sites for hydroxylation is 1. The Balaban J connectivity index is 1.97. The van der Waals surface area contributed by atoms with Crippen molar-refractivity contribution in [3.05, 3.63) is 59.3 Å². The fourth-order valence-electron chi connectivity index (χ4n) is 3.31. The molecule has 0 saturated carbocycles. The topological polar surface area (TPSA) is 45.9 Å². The molecule has 0 aliphatic rings. The van der Waals surface area contributed by atoms with Crippen molar-refractivity contribution in [3.63, 3.8) is 0 Å². The number of aromatic nitrogens is 1. The smallest absolute Gasteiger partial charge is 0.137 e. The third-order valence-corrected chi connectivity index (χ3v) is 5.60. The van der Waals surface area contributed by atoms with Crippen LogP contribution in [0.2, 0.25) is 6.32 Å². The van der Waals surface area contributed by atoms with Crippen LogP contribution in [-0.4, -0.2) is 18.9 Å². The lowest BCUT2D eigenvalue weighted by molar-refractivity contribution is 0.242. The fraction of sp³-hybridized carbons (Fsp3) is 0.304. The number of ether oxygens (including phenoxy) is 1. The maximum Gasteiger partial charge on any atom is 0.137 e. The summed E-state index contributed by atoms with van der Waals surface area (Å²) in [5.41, 5.74) is 5.32. The molecule has 28 heavy (non-hydrogen) atoms. The predicted octanol–water partition coefficient (Wildman–Crippen LogP) is 5.83. The monoisotopic (exact) mass is 386 g/mol. The van der Waals surface area contributed by atoms with Gasteiger partial charge < -0.3 is 4.74 Å². The normalized spacial score (nSPS) is 10.8. The zero-order valence-corrected chi connectivity index (χ0v) is 17.3. The Hall–Kier alpha value is -2.58. The van der Waals surface area contributed by atoms with Gasteiger partial charge in [0.05, 0.1) is 24.4 Å². The molecule has 0 saturated heterocycles. The molecule has 0 spiro atoms. The summed E-state index contributed by atoms with van der Waals surface area (Å²) in [6.07, 6.45) is 4.43. The highest BCUT2D eigenvalue weighted by Crippen LogP contribution is 2.36. The van der Waals surface area contributed by atoms with Crippen LogP contribution >= 0.6 is 11.3 Å². The molecule has 0 unspecified atom stereocenters. The number of nitriles is 1. The van der Waals surface area contributed by atoms with Crippen LogP contribution in [0.3, 0.4) is 0 Å². The van der Waals surface area contributed by atoms with Crippen molar-refractivity contribution in [1.29, 1.82) is 5.26 Å². The van der Waals surface area contributed by atoms with Crippen molar-refractivity contribution in [3.8, 4) is 32.8 Å². The summed E-state index contributed by atoms with van der Waals surface area (Å²) in [7, 11) is 5.78. The van der Waals surface area contributed by atoms with Gasteiger partial charge >= 0.3 is 0 Å². The van der Waals surface area contributed by atoms with E-state index in [0.717, 1.165) is 28.3 Å². The molecular formula is C23H23BN2OS. The molecule has 0 atom stereocenters. The van der Waals surface area contributed by atoms with E-state index in [1.807, 2.05) is 38.2 Å². The molecule has 5 heteroatoms. The number of hydrogen-bond acceptors (Lipinski definition) is 4. The van der Waals surface area contributed by atoms with Crippen molar-refractivity contribution in [2.45, 2.75) is 46.0 Å². The number of nitrogens with zero attached hydrogens (tertiary/aromatic N) is 2. The molecule has 0 aliphatic heterocycles. The first-order valence-electron chi connectivity index (χ1n) is 9.55. The van der Waals surface area contributed by atoms with Gasteiger partial charge in [0.1, 0.15) is 16.8 Å². The van der Waals surface area contributed by atoms with Gasteiger partial charge in [-0.05, 0) is 61.6 Å². The van der Waals surface area contributed by atoms with Gasteiger partial charge in [-0.25, -0.2) is 4.98 Å². The Bertz CT molecular complexity index is 1000. The van der Waals surface area contributed by atoms with Crippen molar-refractivity contribution in [2.75, 3.05) is 0 Å². The molecule has 1 heterocycles. The van der Waals surface area contributed by atoms with Crippen LogP contribution in [0.1, 0.15) is 37.5 Å². The van der Waals surface area contributed by atoms with Crippen LogP contribution in [-0.2, 0) is 12.8 Å². The minimum absolute atomic E-state index is 0.0256. The SMILES string of the molecule is [B]CCc1cccc(-c2cnc(-c3ccc(OC(C)C)c(C#N)c3)s2)c1CC. The predicted molar refractivity (Wildman–Crippen MR) is 117 cm³/mol. The Labute approximate surface area is 172 Å². The van der Waals surface area contributed by atoms with Crippen LogP contribution < -0.4 is 4.74 Å². The van der Waals surface area contributed by atoms with Crippen molar-refractivity contribution < 1.29 is 4.74 Å². The molecule has 3 aromatic rings. The second kappa shape index (κ2) is 9.08. The Kier molecular flexibility index (Phi) is 6.54. The Morgan fingerprint density at radius 2 is 2.07 bits per heavy atom. The summed E-state index contributed by atoms with van der Waals surface area (Å²) in [6.45, 7) is 6.08. The van der Waals surface area contributed by atoms with E-state index in [9.17, 15) is 5.26 Å². The van der Waals surface area contributed by atoms with Gasteiger partial charge in [0.15, 0.2) is 0 Å². The molecule has 0 amide bonds. The zero-order valence-electron chi connectivity index (χ0n) is 16.5. The van der Waals surface area contributed by atoms with E-state index in [4.69, 9.17) is 12.6 Å². The molecule has 0 fully saturated rings. The third-order valence-electron chi connectivity index (χ3n) is 4.52. The van der Waals surface area contributed by atoms with Crippen molar-refractivity contribution in [2.24, 2.45) is 0 Å². The summed E-state index contributed by atoms with van der Waals surface area (Å²) in [5.74, 6) is 0.612. The molecule has 0 bridgehead atoms. The third kappa shape index (κ3) is 4.29. The largest absolute Gasteiger partial charge is 0.490 e. The molecular weight excluding hydrogens is 363 g/mol. The van der Waals surface area contributed by atoms with E-state index in [1.165, 1.54) is 16.7 Å². The first-order valence-corrected chi connectivity index (χ1v) is 10.4. The molecule has 2 radical (unpaired) electrons. The lowest BCUT2D eigenvalue weighted by Crippen LogP contribution is -2.06. The Morgan fingerprint density at radius 3 is 2.75 bits per heavy atom. The van der Waals surface area contributed by atoms with Crippen LogP contribution in [0.25, 0.3) is 21.0 Å². The molecule has 3 rings (SSSR count). The van der Waals surface area contributed by atoms with Gasteiger partial charge in [-0.2, -0.15) is 5.26 Å². The average Bonchev–Trinajstić information content (AvgIpc) is 3.18. The number of rotatable bonds is 7. The summed E-state index contributed by atoms with van der Waals surface area (Å²) in [6, 6.07) is 14.3. The van der Waals surface area contributed by atoms with Crippen molar-refractivity contribution >= 4 is 19.2 Å². The summed E-state index contributed by atoms with van der Waals surface area (Å²) >= 11 is 1.64. The molecule has 1 aromatic heterocycles. The fourth-order valence-corrected chi connectivity index (χ4v) is 4.28. The van der Waals surface area contributed by atoms with Crippen LogP contribution in [0.15, 0.2) is 42.6 Å². The van der Waals surface area contributed by atoms with Gasteiger partial charge in [0.25, 0.3) is 0 Å². The second-order valence-corrected chi connectivity index (χ2v) is 7.89. The highest BCUT2D eigenvalue weighted by atomic mass is 32.1. The molecule has 3 nitrogen and oxygen atoms in total. The zero-order chi connectivity index (χ0) is 20.1. The van der Waals surface area contributed by atoms with E-state index in [0.29, 0.717) is 17.6 Å². The highest BCUT2D eigenvalue weighted by Gasteiger charge is 2.14. The lowest BCUT2D eigenvalue weighted by atomic mass is 9.91. The van der Waals surface area contributed by atoms with Crippen LogP contribution in [0.5, 0.6) is 5.75 Å². The maximum absolute atomic E-state index is 9.48. The minimum atomic E-state index is 0.0256. The molecule has 2 aromatic carbocycles. The molecule has 0 aliphatic carbocycles. The van der Waals surface area contributed by atoms with Crippen LogP contribution in [0, 0.1) is 11.3 Å². The number of hydrogen-bond donors (Lipinski definition) is 0. The average molecular weight is 386 g/mol. The summed E-state index contributed by atoms with van der Waals surface area (Å²) in [4.78, 5) is 5.75. The maximum atomic E-state index is 9.48. The summed E-state index contributed by atoms with van der Waals surface area (Å²) in [5, 5.41) is 10.4. The number of benzene rings is 2. The van der Waals surface area contributed by atoms with Gasteiger partial charge in [-0.15, -0.1) is 11.3 Å². The number of thiazole rings is 1. The van der Waals surface area contributed by atoms with Crippen molar-refractivity contribution in [1.82, 2.24) is 4.98 Å². The van der Waals surface area contributed by atoms with Gasteiger partial charge in [-0.1, -0.05) is 31.4 Å². The first kappa shape index (κ1) is 20.2. The van der Waals surface area contributed by atoms with Gasteiger partial charge in [-0.3, -0.25) is 0 Å². The highest BCUT2D eigenvalue weighted by molar-refractivity contribution is 7.18. The lowest BCUT2D eigenvalue weighted by Gasteiger charge is -2.12. The van der Waals surface area contributed by atoms with E-state index in [-0.39, 0.29) is 6.10 Å². The first-order chi connectivity index (χ1) is 13.6. The summed E-state index contributed by atoms with van der Waals surface area (Å²) < 4.78 is 5.72.